The van der Waals surface area contributed by atoms with E-state index in [4.69, 9.17) is 0 Å². The number of aromatic nitrogens is 2. The predicted octanol–water partition coefficient (Wildman–Crippen LogP) is 4.08. The van der Waals surface area contributed by atoms with Crippen molar-refractivity contribution in [3.63, 3.8) is 0 Å². The largest absolute Gasteiger partial charge is 0.393 e. The molecule has 0 spiro atoms. The Morgan fingerprint density at radius 2 is 1.86 bits per heavy atom. The summed E-state index contributed by atoms with van der Waals surface area (Å²) in [6.07, 6.45) is 3.09. The molecule has 4 nitrogen and oxygen atoms in total. The number of aryl methyl sites for hydroxylation is 1. The van der Waals surface area contributed by atoms with E-state index >= 15 is 0 Å². The molecule has 1 N–H and O–H groups in total. The number of hydrogen-bond donors (Lipinski definition) is 1. The van der Waals surface area contributed by atoms with Crippen LogP contribution in [-0.4, -0.2) is 39.0 Å². The third kappa shape index (κ3) is 3.84. The normalized spacial score (nSPS) is 15.9. The molecule has 0 saturated carbocycles. The number of benzene rings is 2. The van der Waals surface area contributed by atoms with Crippen LogP contribution >= 0.6 is 0 Å². The molecule has 0 amide bonds. The molecule has 2 aromatic carbocycles. The van der Waals surface area contributed by atoms with Crippen molar-refractivity contribution in [2.45, 2.75) is 32.4 Å². The van der Waals surface area contributed by atoms with Gasteiger partial charge in [0.2, 0.25) is 0 Å². The Kier molecular flexibility index (Phi) is 5.24. The molecule has 1 aromatic heterocycles. The number of rotatable bonds is 4. The van der Waals surface area contributed by atoms with Crippen molar-refractivity contribution >= 4 is 0 Å². The molecular formula is C22H23F2N3O. The van der Waals surface area contributed by atoms with Gasteiger partial charge in [0.1, 0.15) is 11.5 Å². The molecule has 1 fully saturated rings. The van der Waals surface area contributed by atoms with Gasteiger partial charge in [0.05, 0.1) is 11.8 Å². The standard InChI is InChI=1S/C22H23F2N3O/c1-15-4-2-3-5-19(15)22-16(13-26-10-8-18(28)9-11-26)14-27(25-22)21-7-6-17(23)12-20(21)24/h2-7,12,14,18,28H,8-11,13H2,1H3. The predicted molar refractivity (Wildman–Crippen MR) is 104 cm³/mol. The molecule has 1 aliphatic rings. The van der Waals surface area contributed by atoms with Crippen LogP contribution in [0.2, 0.25) is 0 Å². The van der Waals surface area contributed by atoms with Crippen molar-refractivity contribution in [2.75, 3.05) is 13.1 Å². The molecule has 28 heavy (non-hydrogen) atoms. The van der Waals surface area contributed by atoms with Crippen LogP contribution in [0.3, 0.4) is 0 Å². The summed E-state index contributed by atoms with van der Waals surface area (Å²) in [5.41, 5.74) is 4.08. The summed E-state index contributed by atoms with van der Waals surface area (Å²) in [6, 6.07) is 11.5. The highest BCUT2D eigenvalue weighted by molar-refractivity contribution is 5.66. The van der Waals surface area contributed by atoms with Crippen molar-refractivity contribution in [3.8, 4) is 16.9 Å². The highest BCUT2D eigenvalue weighted by Crippen LogP contribution is 2.29. The Morgan fingerprint density at radius 3 is 2.57 bits per heavy atom. The lowest BCUT2D eigenvalue weighted by Crippen LogP contribution is -2.35. The van der Waals surface area contributed by atoms with E-state index in [1.807, 2.05) is 37.4 Å². The minimum absolute atomic E-state index is 0.219. The maximum absolute atomic E-state index is 14.3. The number of aliphatic hydroxyl groups is 1. The van der Waals surface area contributed by atoms with Crippen molar-refractivity contribution in [1.29, 1.82) is 0 Å². The smallest absolute Gasteiger partial charge is 0.151 e. The van der Waals surface area contributed by atoms with Crippen molar-refractivity contribution < 1.29 is 13.9 Å². The summed E-state index contributed by atoms with van der Waals surface area (Å²) in [4.78, 5) is 2.27. The first-order valence-electron chi connectivity index (χ1n) is 9.51. The summed E-state index contributed by atoms with van der Waals surface area (Å²) >= 11 is 0. The van der Waals surface area contributed by atoms with E-state index in [2.05, 4.69) is 10.00 Å². The number of hydrogen-bond acceptors (Lipinski definition) is 3. The van der Waals surface area contributed by atoms with Gasteiger partial charge >= 0.3 is 0 Å². The van der Waals surface area contributed by atoms with Crippen LogP contribution in [0.4, 0.5) is 8.78 Å². The Balaban J connectivity index is 1.74. The summed E-state index contributed by atoms with van der Waals surface area (Å²) < 4.78 is 29.1. The molecule has 1 aliphatic heterocycles. The van der Waals surface area contributed by atoms with Crippen molar-refractivity contribution in [3.05, 3.63) is 71.4 Å². The van der Waals surface area contributed by atoms with Crippen LogP contribution in [0.15, 0.2) is 48.7 Å². The molecule has 0 unspecified atom stereocenters. The monoisotopic (exact) mass is 383 g/mol. The van der Waals surface area contributed by atoms with Gasteiger partial charge in [-0.3, -0.25) is 4.90 Å². The topological polar surface area (TPSA) is 41.3 Å². The van der Waals surface area contributed by atoms with E-state index in [1.54, 1.807) is 0 Å². The van der Waals surface area contributed by atoms with Gasteiger partial charge in [-0.05, 0) is 37.5 Å². The lowest BCUT2D eigenvalue weighted by atomic mass is 10.0. The highest BCUT2D eigenvalue weighted by Gasteiger charge is 2.21. The SMILES string of the molecule is Cc1ccccc1-c1nn(-c2ccc(F)cc2F)cc1CN1CCC(O)CC1. The second-order valence-corrected chi connectivity index (χ2v) is 7.37. The summed E-state index contributed by atoms with van der Waals surface area (Å²) in [5.74, 6) is -1.26. The second kappa shape index (κ2) is 7.81. The van der Waals surface area contributed by atoms with Crippen LogP contribution in [-0.2, 0) is 6.54 Å². The minimum atomic E-state index is -0.647. The van der Waals surface area contributed by atoms with Crippen LogP contribution < -0.4 is 0 Å². The zero-order chi connectivity index (χ0) is 19.7. The van der Waals surface area contributed by atoms with Crippen molar-refractivity contribution in [1.82, 2.24) is 14.7 Å². The first-order chi connectivity index (χ1) is 13.5. The van der Waals surface area contributed by atoms with Gasteiger partial charge in [-0.2, -0.15) is 5.10 Å². The van der Waals surface area contributed by atoms with Gasteiger partial charge in [0, 0.05) is 43.0 Å². The highest BCUT2D eigenvalue weighted by atomic mass is 19.1. The quantitative estimate of drug-likeness (QED) is 0.738. The van der Waals surface area contributed by atoms with Crippen LogP contribution in [0, 0.1) is 18.6 Å². The van der Waals surface area contributed by atoms with Crippen LogP contribution in [0.5, 0.6) is 0 Å². The molecular weight excluding hydrogens is 360 g/mol. The van der Waals surface area contributed by atoms with E-state index < -0.39 is 11.6 Å². The average Bonchev–Trinajstić information content (AvgIpc) is 3.07. The molecule has 1 saturated heterocycles. The van der Waals surface area contributed by atoms with Crippen molar-refractivity contribution in [2.24, 2.45) is 0 Å². The fraction of sp³-hybridized carbons (Fsp3) is 0.318. The fourth-order valence-corrected chi connectivity index (χ4v) is 3.70. The van der Waals surface area contributed by atoms with Crippen LogP contribution in [0.1, 0.15) is 24.0 Å². The molecule has 0 bridgehead atoms. The molecule has 146 valence electrons. The Labute approximate surface area is 163 Å². The van der Waals surface area contributed by atoms with E-state index in [1.165, 1.54) is 16.8 Å². The number of aliphatic hydroxyl groups excluding tert-OH is 1. The average molecular weight is 383 g/mol. The van der Waals surface area contributed by atoms with Crippen LogP contribution in [0.25, 0.3) is 16.9 Å². The second-order valence-electron chi connectivity index (χ2n) is 7.37. The Bertz CT molecular complexity index is 978. The number of halogens is 2. The third-order valence-electron chi connectivity index (χ3n) is 5.30. The Hall–Kier alpha value is -2.57. The third-order valence-corrected chi connectivity index (χ3v) is 5.30. The van der Waals surface area contributed by atoms with Gasteiger partial charge in [-0.15, -0.1) is 0 Å². The molecule has 0 radical (unpaired) electrons. The summed E-state index contributed by atoms with van der Waals surface area (Å²) in [5, 5.41) is 14.4. The number of nitrogens with zero attached hydrogens (tertiary/aromatic N) is 3. The summed E-state index contributed by atoms with van der Waals surface area (Å²) in [6.45, 7) is 4.31. The van der Waals surface area contributed by atoms with E-state index in [-0.39, 0.29) is 11.8 Å². The molecule has 4 rings (SSSR count). The maximum atomic E-state index is 14.3. The van der Waals surface area contributed by atoms with E-state index in [9.17, 15) is 13.9 Å². The van der Waals surface area contributed by atoms with Gasteiger partial charge in [-0.1, -0.05) is 24.3 Å². The molecule has 0 atom stereocenters. The molecule has 3 aromatic rings. The summed E-state index contributed by atoms with van der Waals surface area (Å²) in [7, 11) is 0. The van der Waals surface area contributed by atoms with Gasteiger partial charge in [0.15, 0.2) is 5.82 Å². The zero-order valence-corrected chi connectivity index (χ0v) is 15.8. The Morgan fingerprint density at radius 1 is 1.11 bits per heavy atom. The van der Waals surface area contributed by atoms with Gasteiger partial charge in [0.25, 0.3) is 0 Å². The fourth-order valence-electron chi connectivity index (χ4n) is 3.70. The number of likely N-dealkylation sites (tertiary alicyclic amines) is 1. The van der Waals surface area contributed by atoms with Gasteiger partial charge < -0.3 is 5.11 Å². The van der Waals surface area contributed by atoms with Gasteiger partial charge in [-0.25, -0.2) is 13.5 Å². The number of piperidine rings is 1. The first kappa shape index (κ1) is 18.8. The lowest BCUT2D eigenvalue weighted by molar-refractivity contribution is 0.0793. The van der Waals surface area contributed by atoms with E-state index in [0.717, 1.165) is 54.4 Å². The molecule has 6 heteroatoms. The maximum Gasteiger partial charge on any atom is 0.151 e. The van der Waals surface area contributed by atoms with E-state index in [0.29, 0.717) is 6.54 Å². The molecule has 0 aliphatic carbocycles. The first-order valence-corrected chi connectivity index (χ1v) is 9.51. The lowest BCUT2D eigenvalue weighted by Gasteiger charge is -2.29. The zero-order valence-electron chi connectivity index (χ0n) is 15.8. The minimum Gasteiger partial charge on any atom is -0.393 e. The molecule has 2 heterocycles.